The van der Waals surface area contributed by atoms with Gasteiger partial charge in [0.05, 0.1) is 11.0 Å². The van der Waals surface area contributed by atoms with E-state index in [1.807, 2.05) is 0 Å². The number of rotatable bonds is 5. The van der Waals surface area contributed by atoms with Gasteiger partial charge in [0.1, 0.15) is 0 Å². The molecule has 1 aliphatic rings. The molecule has 98 valence electrons. The van der Waals surface area contributed by atoms with Gasteiger partial charge in [0, 0.05) is 22.6 Å². The zero-order valence-corrected chi connectivity index (χ0v) is 11.4. The Labute approximate surface area is 113 Å². The van der Waals surface area contributed by atoms with Crippen LogP contribution in [0.2, 0.25) is 0 Å². The van der Waals surface area contributed by atoms with Gasteiger partial charge in [-0.05, 0) is 37.4 Å². The smallest absolute Gasteiger partial charge is 0.275 e. The summed E-state index contributed by atoms with van der Waals surface area (Å²) in [7, 11) is 0. The van der Waals surface area contributed by atoms with Crippen LogP contribution in [-0.2, 0) is 6.54 Å². The average molecular weight is 315 g/mol. The minimum atomic E-state index is -0.366. The highest BCUT2D eigenvalue weighted by molar-refractivity contribution is 9.10. The molecular weight excluding hydrogens is 300 g/mol. The van der Waals surface area contributed by atoms with Crippen molar-refractivity contribution in [3.63, 3.8) is 0 Å². The second-order valence-electron chi connectivity index (χ2n) is 4.65. The summed E-state index contributed by atoms with van der Waals surface area (Å²) in [6.07, 6.45) is 1.50. The van der Waals surface area contributed by atoms with Crippen molar-refractivity contribution in [1.29, 1.82) is 0 Å². The molecule has 1 aromatic carbocycles. The summed E-state index contributed by atoms with van der Waals surface area (Å²) in [5, 5.41) is 23.3. The number of aliphatic hydroxyl groups excluding tert-OH is 1. The SMILES string of the molecule is O=[N+]([O-])c1cc(Br)ccc1CNCC1CC(O)C1. The maximum atomic E-state index is 10.9. The first-order valence-electron chi connectivity index (χ1n) is 5.88. The van der Waals surface area contributed by atoms with E-state index in [1.54, 1.807) is 12.1 Å². The van der Waals surface area contributed by atoms with Crippen molar-refractivity contribution in [3.05, 3.63) is 38.3 Å². The van der Waals surface area contributed by atoms with Crippen LogP contribution in [0, 0.1) is 16.0 Å². The van der Waals surface area contributed by atoms with Crippen molar-refractivity contribution >= 4 is 21.6 Å². The summed E-state index contributed by atoms with van der Waals surface area (Å²) in [5.41, 5.74) is 0.814. The number of halogens is 1. The van der Waals surface area contributed by atoms with E-state index >= 15 is 0 Å². The van der Waals surface area contributed by atoms with Gasteiger partial charge in [-0.25, -0.2) is 0 Å². The van der Waals surface area contributed by atoms with E-state index in [0.29, 0.717) is 22.5 Å². The lowest BCUT2D eigenvalue weighted by Crippen LogP contribution is -2.35. The predicted octanol–water partition coefficient (Wildman–Crippen LogP) is 2.22. The first-order valence-corrected chi connectivity index (χ1v) is 6.67. The van der Waals surface area contributed by atoms with E-state index in [-0.39, 0.29) is 16.7 Å². The number of nitro groups is 1. The summed E-state index contributed by atoms with van der Waals surface area (Å²) in [6.45, 7) is 1.28. The van der Waals surface area contributed by atoms with E-state index in [1.165, 1.54) is 6.07 Å². The van der Waals surface area contributed by atoms with Crippen molar-refractivity contribution in [2.45, 2.75) is 25.5 Å². The third-order valence-electron chi connectivity index (χ3n) is 3.20. The van der Waals surface area contributed by atoms with Crippen molar-refractivity contribution < 1.29 is 10.0 Å². The standard InChI is InChI=1S/C12H15BrN2O3/c13-10-2-1-9(12(5-10)15(17)18)7-14-6-8-3-11(16)4-8/h1-2,5,8,11,14,16H,3-4,6-7H2. The molecule has 0 unspecified atom stereocenters. The van der Waals surface area contributed by atoms with Crippen molar-refractivity contribution in [2.75, 3.05) is 6.54 Å². The lowest BCUT2D eigenvalue weighted by Gasteiger charge is -2.31. The number of benzene rings is 1. The molecule has 2 rings (SSSR count). The van der Waals surface area contributed by atoms with E-state index in [4.69, 9.17) is 5.11 Å². The minimum absolute atomic E-state index is 0.130. The lowest BCUT2D eigenvalue weighted by molar-refractivity contribution is -0.385. The molecule has 6 heteroatoms. The molecule has 2 N–H and O–H groups in total. The molecule has 0 amide bonds. The van der Waals surface area contributed by atoms with Crippen LogP contribution in [0.25, 0.3) is 0 Å². The molecule has 0 radical (unpaired) electrons. The highest BCUT2D eigenvalue weighted by atomic mass is 79.9. The first kappa shape index (κ1) is 13.5. The number of hydrogen-bond acceptors (Lipinski definition) is 4. The molecule has 1 saturated carbocycles. The highest BCUT2D eigenvalue weighted by Crippen LogP contribution is 2.27. The van der Waals surface area contributed by atoms with Gasteiger partial charge in [-0.3, -0.25) is 10.1 Å². The fourth-order valence-electron chi connectivity index (χ4n) is 2.13. The van der Waals surface area contributed by atoms with Gasteiger partial charge in [0.2, 0.25) is 0 Å². The third kappa shape index (κ3) is 3.28. The molecule has 0 aliphatic heterocycles. The second-order valence-corrected chi connectivity index (χ2v) is 5.57. The van der Waals surface area contributed by atoms with E-state index in [0.717, 1.165) is 19.4 Å². The van der Waals surface area contributed by atoms with Crippen LogP contribution in [0.3, 0.4) is 0 Å². The van der Waals surface area contributed by atoms with Gasteiger partial charge in [-0.2, -0.15) is 0 Å². The Kier molecular flexibility index (Phi) is 4.31. The topological polar surface area (TPSA) is 75.4 Å². The number of hydrogen-bond donors (Lipinski definition) is 2. The monoisotopic (exact) mass is 314 g/mol. The number of aliphatic hydroxyl groups is 1. The van der Waals surface area contributed by atoms with Crippen LogP contribution in [0.5, 0.6) is 0 Å². The molecule has 1 aromatic rings. The van der Waals surface area contributed by atoms with Gasteiger partial charge in [0.15, 0.2) is 0 Å². The Bertz CT molecular complexity index is 447. The highest BCUT2D eigenvalue weighted by Gasteiger charge is 2.26. The van der Waals surface area contributed by atoms with Gasteiger partial charge in [-0.1, -0.05) is 15.9 Å². The third-order valence-corrected chi connectivity index (χ3v) is 3.70. The Morgan fingerprint density at radius 2 is 2.22 bits per heavy atom. The largest absolute Gasteiger partial charge is 0.393 e. The molecule has 0 saturated heterocycles. The second kappa shape index (κ2) is 5.77. The van der Waals surface area contributed by atoms with E-state index in [2.05, 4.69) is 21.2 Å². The molecule has 1 fully saturated rings. The van der Waals surface area contributed by atoms with Crippen LogP contribution in [0.1, 0.15) is 18.4 Å². The average Bonchev–Trinajstić information content (AvgIpc) is 2.28. The molecular formula is C12H15BrN2O3. The Hall–Kier alpha value is -0.980. The van der Waals surface area contributed by atoms with Gasteiger partial charge >= 0.3 is 0 Å². The fourth-order valence-corrected chi connectivity index (χ4v) is 2.48. The normalized spacial score (nSPS) is 22.6. The molecule has 0 bridgehead atoms. The summed E-state index contributed by atoms with van der Waals surface area (Å²) in [6, 6.07) is 5.08. The van der Waals surface area contributed by atoms with Crippen molar-refractivity contribution in [2.24, 2.45) is 5.92 Å². The summed E-state index contributed by atoms with van der Waals surface area (Å²) in [5.74, 6) is 0.495. The van der Waals surface area contributed by atoms with Crippen LogP contribution in [0.4, 0.5) is 5.69 Å². The zero-order chi connectivity index (χ0) is 13.1. The molecule has 0 aromatic heterocycles. The maximum absolute atomic E-state index is 10.9. The predicted molar refractivity (Wildman–Crippen MR) is 71.2 cm³/mol. The van der Waals surface area contributed by atoms with Crippen molar-refractivity contribution in [3.8, 4) is 0 Å². The van der Waals surface area contributed by atoms with Crippen molar-refractivity contribution in [1.82, 2.24) is 5.32 Å². The zero-order valence-electron chi connectivity index (χ0n) is 9.80. The fraction of sp³-hybridized carbons (Fsp3) is 0.500. The van der Waals surface area contributed by atoms with Crippen LogP contribution >= 0.6 is 15.9 Å². The quantitative estimate of drug-likeness (QED) is 0.645. The Balaban J connectivity index is 1.90. The maximum Gasteiger partial charge on any atom is 0.275 e. The molecule has 0 spiro atoms. The molecule has 18 heavy (non-hydrogen) atoms. The molecule has 1 aliphatic carbocycles. The van der Waals surface area contributed by atoms with Gasteiger partial charge in [-0.15, -0.1) is 0 Å². The minimum Gasteiger partial charge on any atom is -0.393 e. The van der Waals surface area contributed by atoms with Crippen LogP contribution in [0.15, 0.2) is 22.7 Å². The Morgan fingerprint density at radius 1 is 1.50 bits per heavy atom. The number of nitro benzene ring substituents is 1. The first-order chi connectivity index (χ1) is 8.56. The number of nitrogens with one attached hydrogen (secondary N) is 1. The van der Waals surface area contributed by atoms with E-state index < -0.39 is 0 Å². The lowest BCUT2D eigenvalue weighted by atomic mass is 9.82. The van der Waals surface area contributed by atoms with Crippen LogP contribution < -0.4 is 5.32 Å². The molecule has 5 nitrogen and oxygen atoms in total. The number of nitrogens with zero attached hydrogens (tertiary/aromatic N) is 1. The van der Waals surface area contributed by atoms with Crippen LogP contribution in [-0.4, -0.2) is 22.7 Å². The molecule has 0 atom stereocenters. The summed E-state index contributed by atoms with van der Waals surface area (Å²) < 4.78 is 0.708. The summed E-state index contributed by atoms with van der Waals surface area (Å²) in [4.78, 5) is 10.5. The Morgan fingerprint density at radius 3 is 2.83 bits per heavy atom. The van der Waals surface area contributed by atoms with E-state index in [9.17, 15) is 10.1 Å². The summed E-state index contributed by atoms with van der Waals surface area (Å²) >= 11 is 3.23. The molecule has 0 heterocycles. The van der Waals surface area contributed by atoms with Gasteiger partial charge < -0.3 is 10.4 Å². The van der Waals surface area contributed by atoms with Gasteiger partial charge in [0.25, 0.3) is 5.69 Å².